The summed E-state index contributed by atoms with van der Waals surface area (Å²) in [4.78, 5) is 21.1. The first-order valence-corrected chi connectivity index (χ1v) is 10.3. The van der Waals surface area contributed by atoms with Crippen LogP contribution < -0.4 is 0 Å². The Morgan fingerprint density at radius 3 is 2.79 bits per heavy atom. The number of aromatic nitrogens is 5. The molecule has 4 rings (SSSR count). The maximum absolute atomic E-state index is 12.4. The van der Waals surface area contributed by atoms with Crippen molar-refractivity contribution in [1.29, 1.82) is 0 Å². The Labute approximate surface area is 165 Å². The summed E-state index contributed by atoms with van der Waals surface area (Å²) < 4.78 is 1.86. The average Bonchev–Trinajstić information content (AvgIpc) is 3.10. The molecule has 150 valence electrons. The minimum atomic E-state index is 0.215. The molecule has 8 nitrogen and oxygen atoms in total. The maximum Gasteiger partial charge on any atom is 0.222 e. The first-order valence-electron chi connectivity index (χ1n) is 10.3. The predicted octanol–water partition coefficient (Wildman–Crippen LogP) is 1.71. The highest BCUT2D eigenvalue weighted by atomic mass is 16.2. The van der Waals surface area contributed by atoms with Crippen LogP contribution in [0.3, 0.4) is 0 Å². The van der Waals surface area contributed by atoms with Gasteiger partial charge in [0.25, 0.3) is 0 Å². The van der Waals surface area contributed by atoms with Crippen LogP contribution in [-0.2, 0) is 17.9 Å². The number of rotatable bonds is 7. The third-order valence-corrected chi connectivity index (χ3v) is 5.95. The van der Waals surface area contributed by atoms with Gasteiger partial charge in [0, 0.05) is 43.9 Å². The second-order valence-corrected chi connectivity index (χ2v) is 8.13. The van der Waals surface area contributed by atoms with Crippen LogP contribution in [0.15, 0.2) is 24.4 Å². The largest absolute Gasteiger partial charge is 0.341 e. The molecule has 0 N–H and O–H groups in total. The van der Waals surface area contributed by atoms with Gasteiger partial charge in [-0.15, -0.1) is 5.10 Å². The van der Waals surface area contributed by atoms with E-state index in [0.717, 1.165) is 56.6 Å². The van der Waals surface area contributed by atoms with Crippen LogP contribution in [0.5, 0.6) is 0 Å². The zero-order chi connectivity index (χ0) is 19.3. The van der Waals surface area contributed by atoms with Crippen molar-refractivity contribution in [3.05, 3.63) is 35.9 Å². The van der Waals surface area contributed by atoms with Gasteiger partial charge in [-0.25, -0.2) is 4.68 Å². The van der Waals surface area contributed by atoms with E-state index in [1.807, 2.05) is 34.0 Å². The fraction of sp³-hybridized carbons (Fsp3) is 0.650. The van der Waals surface area contributed by atoms with Crippen LogP contribution in [0.4, 0.5) is 0 Å². The number of pyridine rings is 1. The number of amides is 1. The molecule has 8 heteroatoms. The summed E-state index contributed by atoms with van der Waals surface area (Å²) in [5.41, 5.74) is 1.08. The van der Waals surface area contributed by atoms with E-state index in [1.165, 1.54) is 12.8 Å². The van der Waals surface area contributed by atoms with Crippen molar-refractivity contribution in [3.63, 3.8) is 0 Å². The standard InChI is InChI=1S/C20H29N7O/c1-16-7-11-25(12-8-16)15-19-22-23-24-27(19)10-4-6-20(28)26-13-17(14-26)18-5-2-3-9-21-18/h2-3,5,9,16-17H,4,6-8,10-15H2,1H3. The molecular formula is C20H29N7O. The van der Waals surface area contributed by atoms with E-state index in [1.54, 1.807) is 0 Å². The van der Waals surface area contributed by atoms with Crippen LogP contribution in [-0.4, -0.2) is 67.1 Å². The first kappa shape index (κ1) is 19.0. The lowest BCUT2D eigenvalue weighted by Gasteiger charge is -2.39. The predicted molar refractivity (Wildman–Crippen MR) is 104 cm³/mol. The van der Waals surface area contributed by atoms with Gasteiger partial charge in [-0.2, -0.15) is 0 Å². The van der Waals surface area contributed by atoms with Gasteiger partial charge in [0.2, 0.25) is 5.91 Å². The molecule has 0 spiro atoms. The molecule has 0 saturated carbocycles. The van der Waals surface area contributed by atoms with E-state index in [0.29, 0.717) is 18.9 Å². The van der Waals surface area contributed by atoms with Crippen molar-refractivity contribution < 1.29 is 4.79 Å². The van der Waals surface area contributed by atoms with E-state index in [-0.39, 0.29) is 5.91 Å². The number of carbonyl (C=O) groups is 1. The van der Waals surface area contributed by atoms with Crippen LogP contribution in [0.25, 0.3) is 0 Å². The molecule has 0 aromatic carbocycles. The lowest BCUT2D eigenvalue weighted by Crippen LogP contribution is -2.48. The van der Waals surface area contributed by atoms with Crippen LogP contribution >= 0.6 is 0 Å². The number of hydrogen-bond donors (Lipinski definition) is 0. The smallest absolute Gasteiger partial charge is 0.222 e. The van der Waals surface area contributed by atoms with E-state index < -0.39 is 0 Å². The van der Waals surface area contributed by atoms with Crippen molar-refractivity contribution in [1.82, 2.24) is 35.0 Å². The molecule has 2 fully saturated rings. The second kappa shape index (κ2) is 8.77. The van der Waals surface area contributed by atoms with Crippen molar-refractivity contribution in [2.45, 2.75) is 51.6 Å². The Morgan fingerprint density at radius 1 is 1.21 bits per heavy atom. The Kier molecular flexibility index (Phi) is 5.95. The van der Waals surface area contributed by atoms with E-state index in [2.05, 4.69) is 32.3 Å². The third kappa shape index (κ3) is 4.55. The quantitative estimate of drug-likeness (QED) is 0.724. The molecule has 0 aliphatic carbocycles. The number of tetrazole rings is 1. The number of likely N-dealkylation sites (tertiary alicyclic amines) is 2. The third-order valence-electron chi connectivity index (χ3n) is 5.95. The number of hydrogen-bond acceptors (Lipinski definition) is 6. The summed E-state index contributed by atoms with van der Waals surface area (Å²) in [5.74, 6) is 2.31. The Morgan fingerprint density at radius 2 is 2.04 bits per heavy atom. The molecule has 0 radical (unpaired) electrons. The van der Waals surface area contributed by atoms with Crippen molar-refractivity contribution >= 4 is 5.91 Å². The summed E-state index contributed by atoms with van der Waals surface area (Å²) in [7, 11) is 0. The molecule has 2 aliphatic heterocycles. The van der Waals surface area contributed by atoms with Crippen molar-refractivity contribution in [2.24, 2.45) is 5.92 Å². The maximum atomic E-state index is 12.4. The molecule has 2 aliphatic rings. The first-order chi connectivity index (χ1) is 13.7. The number of piperidine rings is 1. The van der Waals surface area contributed by atoms with E-state index in [4.69, 9.17) is 0 Å². The van der Waals surface area contributed by atoms with Gasteiger partial charge in [-0.3, -0.25) is 14.7 Å². The Balaban J connectivity index is 1.19. The van der Waals surface area contributed by atoms with Gasteiger partial charge in [-0.05, 0) is 60.8 Å². The van der Waals surface area contributed by atoms with Crippen LogP contribution in [0.2, 0.25) is 0 Å². The van der Waals surface area contributed by atoms with Gasteiger partial charge in [0.1, 0.15) is 0 Å². The fourth-order valence-corrected chi connectivity index (χ4v) is 3.96. The monoisotopic (exact) mass is 383 g/mol. The summed E-state index contributed by atoms with van der Waals surface area (Å²) in [6.07, 6.45) is 5.60. The molecule has 28 heavy (non-hydrogen) atoms. The van der Waals surface area contributed by atoms with Gasteiger partial charge in [0.05, 0.1) is 6.54 Å². The molecule has 2 aromatic rings. The fourth-order valence-electron chi connectivity index (χ4n) is 3.96. The molecule has 0 unspecified atom stereocenters. The minimum Gasteiger partial charge on any atom is -0.341 e. The van der Waals surface area contributed by atoms with Gasteiger partial charge in [0.15, 0.2) is 5.82 Å². The highest BCUT2D eigenvalue weighted by molar-refractivity contribution is 5.77. The molecule has 0 atom stereocenters. The number of aryl methyl sites for hydroxylation is 1. The zero-order valence-electron chi connectivity index (χ0n) is 16.6. The number of nitrogens with zero attached hydrogens (tertiary/aromatic N) is 7. The second-order valence-electron chi connectivity index (χ2n) is 8.13. The molecule has 1 amide bonds. The molecule has 4 heterocycles. The summed E-state index contributed by atoms with van der Waals surface area (Å²) in [6, 6.07) is 5.96. The molecule has 2 aromatic heterocycles. The van der Waals surface area contributed by atoms with Crippen LogP contribution in [0.1, 0.15) is 50.0 Å². The number of carbonyl (C=O) groups excluding carboxylic acids is 1. The zero-order valence-corrected chi connectivity index (χ0v) is 16.6. The highest BCUT2D eigenvalue weighted by Crippen LogP contribution is 2.26. The highest BCUT2D eigenvalue weighted by Gasteiger charge is 2.32. The van der Waals surface area contributed by atoms with Gasteiger partial charge >= 0.3 is 0 Å². The molecule has 0 bridgehead atoms. The minimum absolute atomic E-state index is 0.215. The SMILES string of the molecule is CC1CCN(Cc2nnnn2CCCC(=O)N2CC(c3ccccn3)C2)CC1. The van der Waals surface area contributed by atoms with Gasteiger partial charge in [-0.1, -0.05) is 13.0 Å². The van der Waals surface area contributed by atoms with E-state index >= 15 is 0 Å². The Bertz CT molecular complexity index is 764. The molecule has 2 saturated heterocycles. The summed E-state index contributed by atoms with van der Waals surface area (Å²) in [5, 5.41) is 12.2. The summed E-state index contributed by atoms with van der Waals surface area (Å²) >= 11 is 0. The average molecular weight is 384 g/mol. The lowest BCUT2D eigenvalue weighted by atomic mass is 9.95. The summed E-state index contributed by atoms with van der Waals surface area (Å²) in [6.45, 7) is 7.58. The van der Waals surface area contributed by atoms with Gasteiger partial charge < -0.3 is 4.90 Å². The topological polar surface area (TPSA) is 80.0 Å². The van der Waals surface area contributed by atoms with Crippen molar-refractivity contribution in [3.8, 4) is 0 Å². The normalized spacial score (nSPS) is 19.0. The van der Waals surface area contributed by atoms with Crippen LogP contribution in [0, 0.1) is 5.92 Å². The molecular weight excluding hydrogens is 354 g/mol. The van der Waals surface area contributed by atoms with E-state index in [9.17, 15) is 4.79 Å². The van der Waals surface area contributed by atoms with Crippen molar-refractivity contribution in [2.75, 3.05) is 26.2 Å². The lowest BCUT2D eigenvalue weighted by molar-refractivity contribution is -0.135. The Hall–Kier alpha value is -2.35.